The normalized spacial score (nSPS) is 15.0. The van der Waals surface area contributed by atoms with Crippen molar-refractivity contribution in [3.8, 4) is 0 Å². The molecule has 2 amide bonds. The van der Waals surface area contributed by atoms with Gasteiger partial charge in [0.1, 0.15) is 12.6 Å². The fourth-order valence-electron chi connectivity index (χ4n) is 3.44. The fraction of sp³-hybridized carbons (Fsp3) is 0.500. The maximum atomic E-state index is 12.9. The summed E-state index contributed by atoms with van der Waals surface area (Å²) in [6, 6.07) is -2.67. The molecule has 0 aromatic carbocycles. The molecule has 8 N–H and O–H groups in total. The second-order valence-electron chi connectivity index (χ2n) is 9.47. The number of hydrogen-bond acceptors (Lipinski definition) is 9. The molecule has 43 heavy (non-hydrogen) atoms. The van der Waals surface area contributed by atoms with Crippen LogP contribution in [0.1, 0.15) is 58.3 Å². The van der Waals surface area contributed by atoms with Crippen molar-refractivity contribution in [1.82, 2.24) is 4.90 Å². The zero-order valence-corrected chi connectivity index (χ0v) is 25.3. The van der Waals surface area contributed by atoms with Crippen LogP contribution in [0.4, 0.5) is 0 Å². The van der Waals surface area contributed by atoms with E-state index in [1.165, 1.54) is 0 Å². The zero-order valence-electron chi connectivity index (χ0n) is 24.5. The monoisotopic (exact) mass is 623 g/mol. The fourth-order valence-corrected chi connectivity index (χ4v) is 4.57. The Morgan fingerprint density at radius 3 is 2.02 bits per heavy atom. The van der Waals surface area contributed by atoms with Crippen LogP contribution in [0.2, 0.25) is 0 Å². The van der Waals surface area contributed by atoms with E-state index < -0.39 is 66.1 Å². The van der Waals surface area contributed by atoms with E-state index in [-0.39, 0.29) is 31.4 Å². The smallest absolute Gasteiger partial charge is 0.323 e. The molecule has 13 heteroatoms. The first kappa shape index (κ1) is 39.5. The second-order valence-corrected chi connectivity index (χ2v) is 10.7. The van der Waals surface area contributed by atoms with Crippen molar-refractivity contribution in [3.63, 3.8) is 0 Å². The molecule has 0 saturated carbocycles. The molecule has 240 valence electrons. The number of amides is 2. The standard InChI is InChI=1S/C30H45N3O9S/c1-2-3-4-5-6-7-8-9-10-11-12-13-16-25(24(34)15-14-17-27(36)37)43-21-23(32)29(40)33(20-28(38)39)26(35)19-18-22(31)30(41)42/h3-4,6-7,9-13,16,22-25,34H,2,5,8,14-15,17-21,31-32H2,1H3,(H,36,37)(H,38,39)(H,41,42)/b4-3+,7-6+,10-9+,12-11+,16-13+/t22-,23-,24-,25?/m0/s1. The lowest BCUT2D eigenvalue weighted by Gasteiger charge is -2.25. The van der Waals surface area contributed by atoms with Gasteiger partial charge in [0.25, 0.3) is 0 Å². The maximum Gasteiger partial charge on any atom is 0.323 e. The Kier molecular flexibility index (Phi) is 22.0. The van der Waals surface area contributed by atoms with Crippen LogP contribution in [-0.4, -0.2) is 90.8 Å². The first-order valence-electron chi connectivity index (χ1n) is 14.0. The third kappa shape index (κ3) is 20.1. The van der Waals surface area contributed by atoms with Crippen molar-refractivity contribution in [2.24, 2.45) is 11.5 Å². The number of aliphatic hydroxyl groups is 1. The van der Waals surface area contributed by atoms with E-state index in [0.29, 0.717) is 4.90 Å². The summed E-state index contributed by atoms with van der Waals surface area (Å²) in [6.07, 6.45) is 20.4. The molecule has 0 aliphatic heterocycles. The predicted octanol–water partition coefficient (Wildman–Crippen LogP) is 2.63. The molecule has 0 bridgehead atoms. The number of aliphatic hydroxyl groups excluding tert-OH is 1. The van der Waals surface area contributed by atoms with E-state index in [0.717, 1.165) is 31.0 Å². The van der Waals surface area contributed by atoms with Crippen molar-refractivity contribution in [1.29, 1.82) is 0 Å². The molecule has 0 aliphatic rings. The number of carbonyl (C=O) groups excluding carboxylic acids is 2. The highest BCUT2D eigenvalue weighted by Gasteiger charge is 2.30. The number of carboxylic acids is 3. The van der Waals surface area contributed by atoms with Crippen molar-refractivity contribution in [3.05, 3.63) is 60.8 Å². The lowest BCUT2D eigenvalue weighted by molar-refractivity contribution is -0.153. The summed E-state index contributed by atoms with van der Waals surface area (Å²) < 4.78 is 0. The van der Waals surface area contributed by atoms with Gasteiger partial charge in [0, 0.05) is 23.8 Å². The Hall–Kier alpha value is -3.52. The van der Waals surface area contributed by atoms with E-state index in [1.807, 2.05) is 12.2 Å². The van der Waals surface area contributed by atoms with Gasteiger partial charge < -0.3 is 31.9 Å². The molecule has 0 rings (SSSR count). The lowest BCUT2D eigenvalue weighted by Crippen LogP contribution is -2.50. The van der Waals surface area contributed by atoms with E-state index in [4.69, 9.17) is 21.7 Å². The Bertz CT molecular complexity index is 1040. The molecule has 0 aliphatic carbocycles. The number of nitrogens with zero attached hydrogens (tertiary/aromatic N) is 1. The number of carbonyl (C=O) groups is 5. The van der Waals surface area contributed by atoms with Gasteiger partial charge in [-0.15, -0.1) is 11.8 Å². The van der Waals surface area contributed by atoms with Gasteiger partial charge in [-0.1, -0.05) is 67.7 Å². The van der Waals surface area contributed by atoms with Gasteiger partial charge in [0.2, 0.25) is 11.8 Å². The van der Waals surface area contributed by atoms with Crippen LogP contribution in [-0.2, 0) is 24.0 Å². The van der Waals surface area contributed by atoms with Crippen LogP contribution < -0.4 is 11.5 Å². The van der Waals surface area contributed by atoms with E-state index in [9.17, 15) is 34.2 Å². The zero-order chi connectivity index (χ0) is 32.6. The molecule has 4 atom stereocenters. The summed E-state index contributed by atoms with van der Waals surface area (Å²) in [7, 11) is 0. The highest BCUT2D eigenvalue weighted by atomic mass is 32.2. The van der Waals surface area contributed by atoms with Crippen molar-refractivity contribution < 1.29 is 44.4 Å². The van der Waals surface area contributed by atoms with Gasteiger partial charge in [-0.3, -0.25) is 28.9 Å². The molecule has 0 radical (unpaired) electrons. The number of nitrogens with two attached hydrogens (primary N) is 2. The minimum absolute atomic E-state index is 0.0920. The minimum Gasteiger partial charge on any atom is -0.481 e. The molecule has 0 saturated heterocycles. The SMILES string of the molecule is CC/C=C/C/C=C/C/C=C/C=C/C=C/C(SC[C@H](N)C(=O)N(CC(=O)O)C(=O)CC[C@H](N)C(=O)O)[C@@H](O)CCCC(=O)O. The first-order chi connectivity index (χ1) is 20.4. The maximum absolute atomic E-state index is 12.9. The van der Waals surface area contributed by atoms with E-state index >= 15 is 0 Å². The third-order valence-corrected chi connectivity index (χ3v) is 7.19. The van der Waals surface area contributed by atoms with Crippen LogP contribution in [0.25, 0.3) is 0 Å². The molecular weight excluding hydrogens is 578 g/mol. The van der Waals surface area contributed by atoms with Gasteiger partial charge in [0.15, 0.2) is 0 Å². The highest BCUT2D eigenvalue weighted by Crippen LogP contribution is 2.22. The predicted molar refractivity (Wildman–Crippen MR) is 166 cm³/mol. The Morgan fingerprint density at radius 1 is 0.791 bits per heavy atom. The van der Waals surface area contributed by atoms with Crippen LogP contribution in [0, 0.1) is 0 Å². The molecule has 0 spiro atoms. The summed E-state index contributed by atoms with van der Waals surface area (Å²) in [5, 5.41) is 37.1. The van der Waals surface area contributed by atoms with Gasteiger partial charge in [-0.2, -0.15) is 0 Å². The third-order valence-electron chi connectivity index (χ3n) is 5.79. The Morgan fingerprint density at radius 2 is 1.42 bits per heavy atom. The minimum atomic E-state index is -1.46. The topological polar surface area (TPSA) is 222 Å². The molecule has 0 heterocycles. The van der Waals surface area contributed by atoms with Crippen molar-refractivity contribution in [2.75, 3.05) is 12.3 Å². The van der Waals surface area contributed by atoms with Crippen LogP contribution in [0.3, 0.4) is 0 Å². The summed E-state index contributed by atoms with van der Waals surface area (Å²) >= 11 is 1.10. The van der Waals surface area contributed by atoms with Crippen molar-refractivity contribution in [2.45, 2.75) is 81.7 Å². The van der Waals surface area contributed by atoms with Crippen molar-refractivity contribution >= 4 is 41.5 Å². The highest BCUT2D eigenvalue weighted by molar-refractivity contribution is 8.00. The number of imide groups is 1. The lowest BCUT2D eigenvalue weighted by atomic mass is 10.1. The summed E-state index contributed by atoms with van der Waals surface area (Å²) in [6.45, 7) is 1.12. The average molecular weight is 624 g/mol. The molecule has 0 aromatic heterocycles. The summed E-state index contributed by atoms with van der Waals surface area (Å²) in [4.78, 5) is 58.9. The number of hydrogen-bond donors (Lipinski definition) is 6. The van der Waals surface area contributed by atoms with Gasteiger partial charge >= 0.3 is 17.9 Å². The Labute approximate surface area is 256 Å². The Balaban J connectivity index is 5.32. The van der Waals surface area contributed by atoms with Crippen LogP contribution in [0.15, 0.2) is 60.8 Å². The van der Waals surface area contributed by atoms with Crippen LogP contribution in [0.5, 0.6) is 0 Å². The summed E-state index contributed by atoms with van der Waals surface area (Å²) in [5.74, 6) is -5.77. The molecule has 1 unspecified atom stereocenters. The summed E-state index contributed by atoms with van der Waals surface area (Å²) in [5.41, 5.74) is 11.4. The largest absolute Gasteiger partial charge is 0.481 e. The number of rotatable bonds is 23. The number of allylic oxidation sites excluding steroid dienone is 9. The van der Waals surface area contributed by atoms with E-state index in [1.54, 1.807) is 24.3 Å². The number of carboxylic acid groups (broad SMARTS) is 3. The van der Waals surface area contributed by atoms with E-state index in [2.05, 4.69) is 31.2 Å². The number of thioether (sulfide) groups is 1. The van der Waals surface area contributed by atoms with Gasteiger partial charge in [-0.25, -0.2) is 0 Å². The molecule has 12 nitrogen and oxygen atoms in total. The first-order valence-corrected chi connectivity index (χ1v) is 15.1. The van der Waals surface area contributed by atoms with Gasteiger partial charge in [-0.05, 0) is 38.5 Å². The molecule has 0 fully saturated rings. The quantitative estimate of drug-likeness (QED) is 0.0714. The molecule has 0 aromatic rings. The second kappa shape index (κ2) is 24.0. The average Bonchev–Trinajstić information content (AvgIpc) is 2.95. The van der Waals surface area contributed by atoms with Crippen LogP contribution >= 0.6 is 11.8 Å². The molecular formula is C30H45N3O9S. The number of aliphatic carboxylic acids is 3. The van der Waals surface area contributed by atoms with Gasteiger partial charge in [0.05, 0.1) is 12.1 Å².